The van der Waals surface area contributed by atoms with E-state index in [9.17, 15) is 14.7 Å². The van der Waals surface area contributed by atoms with Gasteiger partial charge < -0.3 is 19.8 Å². The van der Waals surface area contributed by atoms with E-state index in [0.29, 0.717) is 18.0 Å². The largest absolute Gasteiger partial charge is 0.391 e. The number of benzene rings is 1. The van der Waals surface area contributed by atoms with Gasteiger partial charge in [-0.2, -0.15) is 0 Å². The lowest BCUT2D eigenvalue weighted by Gasteiger charge is -2.28. The topological polar surface area (TPSA) is 109 Å². The Kier molecular flexibility index (Phi) is 7.13. The van der Waals surface area contributed by atoms with E-state index >= 15 is 0 Å². The molecular weight excluding hydrogens is 452 g/mol. The number of aromatic nitrogens is 2. The van der Waals surface area contributed by atoms with E-state index in [-0.39, 0.29) is 30.7 Å². The number of aliphatic hydroxyl groups is 1. The maximum atomic E-state index is 13.5. The second-order valence-electron chi connectivity index (χ2n) is 9.17. The first-order valence-electron chi connectivity index (χ1n) is 11.4. The van der Waals surface area contributed by atoms with Gasteiger partial charge in [-0.05, 0) is 30.9 Å². The molecule has 9 heteroatoms. The molecule has 3 heterocycles. The highest BCUT2D eigenvalue weighted by atomic mass is 32.1. The van der Waals surface area contributed by atoms with Gasteiger partial charge in [-0.25, -0.2) is 4.98 Å². The fraction of sp³-hybridized carbons (Fsp3) is 0.440. The Balaban J connectivity index is 1.43. The summed E-state index contributed by atoms with van der Waals surface area (Å²) < 4.78 is 5.38. The van der Waals surface area contributed by atoms with Crippen LogP contribution < -0.4 is 5.32 Å². The van der Waals surface area contributed by atoms with Crippen LogP contribution in [0.5, 0.6) is 0 Å². The van der Waals surface area contributed by atoms with Crippen molar-refractivity contribution in [2.24, 2.45) is 5.92 Å². The highest BCUT2D eigenvalue weighted by Gasteiger charge is 2.43. The zero-order valence-electron chi connectivity index (χ0n) is 19.8. The van der Waals surface area contributed by atoms with Crippen molar-refractivity contribution in [3.05, 3.63) is 58.6 Å². The molecule has 0 aliphatic carbocycles. The van der Waals surface area contributed by atoms with Gasteiger partial charge in [0.2, 0.25) is 11.8 Å². The van der Waals surface area contributed by atoms with Gasteiger partial charge in [0.25, 0.3) is 0 Å². The van der Waals surface area contributed by atoms with Crippen LogP contribution in [0.1, 0.15) is 48.9 Å². The number of rotatable bonds is 7. The van der Waals surface area contributed by atoms with Gasteiger partial charge in [0.1, 0.15) is 17.7 Å². The quantitative estimate of drug-likeness (QED) is 0.534. The van der Waals surface area contributed by atoms with E-state index in [1.165, 1.54) is 4.90 Å². The molecule has 3 atom stereocenters. The molecule has 1 aliphatic heterocycles. The standard InChI is InChI=1S/C25H30N4O4S/c1-14(2)22(21-9-15(3)28-33-21)25(32)29-12-19(30)10-20(29)24(31)26-11-17-5-7-18(8-6-17)23-16(4)27-13-34-23/h5-9,13-14,19-20,22,30H,10-12H2,1-4H3,(H,26,31). The van der Waals surface area contributed by atoms with Crippen molar-refractivity contribution in [2.45, 2.75) is 58.7 Å². The summed E-state index contributed by atoms with van der Waals surface area (Å²) in [5.41, 5.74) is 5.56. The number of nitrogens with zero attached hydrogens (tertiary/aromatic N) is 3. The molecule has 180 valence electrons. The molecule has 2 amide bonds. The number of likely N-dealkylation sites (tertiary alicyclic amines) is 1. The summed E-state index contributed by atoms with van der Waals surface area (Å²) in [6, 6.07) is 9.01. The van der Waals surface area contributed by atoms with Gasteiger partial charge in [0.05, 0.1) is 27.9 Å². The molecule has 3 unspecified atom stereocenters. The highest BCUT2D eigenvalue weighted by molar-refractivity contribution is 7.13. The molecule has 1 aliphatic rings. The van der Waals surface area contributed by atoms with Crippen LogP contribution in [0.3, 0.4) is 0 Å². The Morgan fingerprint density at radius 1 is 1.26 bits per heavy atom. The van der Waals surface area contributed by atoms with Crippen LogP contribution in [0.4, 0.5) is 0 Å². The van der Waals surface area contributed by atoms with E-state index in [0.717, 1.165) is 21.7 Å². The Bertz CT molecular complexity index is 1150. The second kappa shape index (κ2) is 10.1. The van der Waals surface area contributed by atoms with Crippen molar-refractivity contribution in [3.8, 4) is 10.4 Å². The fourth-order valence-corrected chi connectivity index (χ4v) is 5.22. The van der Waals surface area contributed by atoms with E-state index in [1.807, 2.05) is 50.5 Å². The van der Waals surface area contributed by atoms with Crippen LogP contribution >= 0.6 is 11.3 Å². The number of aliphatic hydroxyl groups excluding tert-OH is 1. The molecular formula is C25H30N4O4S. The lowest BCUT2D eigenvalue weighted by molar-refractivity contribution is -0.141. The molecule has 0 saturated carbocycles. The molecule has 3 aromatic rings. The number of β-amino-alcohol motifs (C(OH)–C–C–N with tert-alkyl or cyclic N) is 1. The minimum Gasteiger partial charge on any atom is -0.391 e. The number of hydrogen-bond donors (Lipinski definition) is 2. The predicted molar refractivity (Wildman–Crippen MR) is 129 cm³/mol. The first-order chi connectivity index (χ1) is 16.2. The maximum Gasteiger partial charge on any atom is 0.243 e. The van der Waals surface area contributed by atoms with Crippen LogP contribution in [0.25, 0.3) is 10.4 Å². The number of thiazole rings is 1. The van der Waals surface area contributed by atoms with Crippen LogP contribution in [-0.4, -0.2) is 50.7 Å². The lowest BCUT2D eigenvalue weighted by atomic mass is 9.91. The Labute approximate surface area is 203 Å². The average Bonchev–Trinajstić information content (AvgIpc) is 3.52. The summed E-state index contributed by atoms with van der Waals surface area (Å²) in [7, 11) is 0. The van der Waals surface area contributed by atoms with Crippen molar-refractivity contribution >= 4 is 23.2 Å². The fourth-order valence-electron chi connectivity index (χ4n) is 4.41. The summed E-state index contributed by atoms with van der Waals surface area (Å²) in [6.07, 6.45) is -0.535. The molecule has 1 aromatic carbocycles. The Morgan fingerprint density at radius 2 is 2.00 bits per heavy atom. The number of carbonyl (C=O) groups is 2. The van der Waals surface area contributed by atoms with Crippen molar-refractivity contribution < 1.29 is 19.2 Å². The Hall–Kier alpha value is -3.04. The molecule has 0 spiro atoms. The number of amides is 2. The van der Waals surface area contributed by atoms with E-state index in [1.54, 1.807) is 24.3 Å². The molecule has 0 bridgehead atoms. The second-order valence-corrected chi connectivity index (χ2v) is 10.0. The van der Waals surface area contributed by atoms with E-state index in [4.69, 9.17) is 4.52 Å². The van der Waals surface area contributed by atoms with Crippen LogP contribution in [0, 0.1) is 19.8 Å². The first-order valence-corrected chi connectivity index (χ1v) is 12.3. The summed E-state index contributed by atoms with van der Waals surface area (Å²) in [4.78, 5) is 33.4. The highest BCUT2D eigenvalue weighted by Crippen LogP contribution is 2.31. The van der Waals surface area contributed by atoms with Crippen LogP contribution in [-0.2, 0) is 16.1 Å². The van der Waals surface area contributed by atoms with Gasteiger partial charge >= 0.3 is 0 Å². The first kappa shape index (κ1) is 24.1. The zero-order chi connectivity index (χ0) is 24.4. The van der Waals surface area contributed by atoms with Gasteiger partial charge in [0.15, 0.2) is 0 Å². The molecule has 4 rings (SSSR count). The zero-order valence-corrected chi connectivity index (χ0v) is 20.6. The van der Waals surface area contributed by atoms with Gasteiger partial charge in [-0.15, -0.1) is 11.3 Å². The monoisotopic (exact) mass is 482 g/mol. The normalized spacial score (nSPS) is 18.9. The van der Waals surface area contributed by atoms with Crippen molar-refractivity contribution in [3.63, 3.8) is 0 Å². The van der Waals surface area contributed by atoms with Gasteiger partial charge in [-0.3, -0.25) is 9.59 Å². The third-order valence-corrected chi connectivity index (χ3v) is 7.16. The van der Waals surface area contributed by atoms with Crippen molar-refractivity contribution in [1.82, 2.24) is 20.4 Å². The smallest absolute Gasteiger partial charge is 0.243 e. The maximum absolute atomic E-state index is 13.5. The molecule has 0 radical (unpaired) electrons. The lowest BCUT2D eigenvalue weighted by Crippen LogP contribution is -2.48. The summed E-state index contributed by atoms with van der Waals surface area (Å²) in [5, 5.41) is 17.1. The molecule has 34 heavy (non-hydrogen) atoms. The summed E-state index contributed by atoms with van der Waals surface area (Å²) >= 11 is 1.60. The van der Waals surface area contributed by atoms with E-state index in [2.05, 4.69) is 15.5 Å². The average molecular weight is 483 g/mol. The molecule has 1 fully saturated rings. The van der Waals surface area contributed by atoms with Crippen molar-refractivity contribution in [2.75, 3.05) is 6.54 Å². The van der Waals surface area contributed by atoms with Gasteiger partial charge in [0, 0.05) is 25.6 Å². The third kappa shape index (κ3) is 5.05. The minimum atomic E-state index is -0.745. The number of nitrogens with one attached hydrogen (secondary N) is 1. The summed E-state index contributed by atoms with van der Waals surface area (Å²) in [5.74, 6) is -0.642. The molecule has 2 aromatic heterocycles. The van der Waals surface area contributed by atoms with Crippen molar-refractivity contribution in [1.29, 1.82) is 0 Å². The molecule has 8 nitrogen and oxygen atoms in total. The van der Waals surface area contributed by atoms with Gasteiger partial charge in [-0.1, -0.05) is 43.3 Å². The number of aryl methyl sites for hydroxylation is 2. The Morgan fingerprint density at radius 3 is 2.59 bits per heavy atom. The SMILES string of the molecule is Cc1cc(C(C(=O)N2CC(O)CC2C(=O)NCc2ccc(-c3scnc3C)cc2)C(C)C)on1. The minimum absolute atomic E-state index is 0.0537. The third-order valence-electron chi connectivity index (χ3n) is 6.18. The number of hydrogen-bond acceptors (Lipinski definition) is 7. The molecule has 2 N–H and O–H groups in total. The molecule has 1 saturated heterocycles. The van der Waals surface area contributed by atoms with Crippen LogP contribution in [0.2, 0.25) is 0 Å². The number of carbonyl (C=O) groups excluding carboxylic acids is 2. The van der Waals surface area contributed by atoms with E-state index < -0.39 is 18.1 Å². The summed E-state index contributed by atoms with van der Waals surface area (Å²) in [6.45, 7) is 8.10. The predicted octanol–water partition coefficient (Wildman–Crippen LogP) is 3.43. The van der Waals surface area contributed by atoms with Crippen LogP contribution in [0.15, 0.2) is 40.4 Å².